The normalized spacial score (nSPS) is 11.1. The molecule has 0 aliphatic heterocycles. The van der Waals surface area contributed by atoms with E-state index in [1.807, 2.05) is 0 Å². The molecule has 0 radical (unpaired) electrons. The van der Waals surface area contributed by atoms with Gasteiger partial charge in [-0.2, -0.15) is 0 Å². The van der Waals surface area contributed by atoms with Crippen LogP contribution in [0.1, 0.15) is 29.4 Å². The summed E-state index contributed by atoms with van der Waals surface area (Å²) in [5.74, 6) is -0.373. The molecule has 0 atom stereocenters. The number of aryl methyl sites for hydroxylation is 1. The van der Waals surface area contributed by atoms with Crippen LogP contribution < -0.4 is 5.32 Å². The van der Waals surface area contributed by atoms with E-state index < -0.39 is 0 Å². The maximum Gasteiger partial charge on any atom is 0.141 e. The average Bonchev–Trinajstić information content (AvgIpc) is 2.68. The topological polar surface area (TPSA) is 17.0 Å². The minimum Gasteiger partial charge on any atom is -0.349 e. The first kappa shape index (κ1) is 15.1. The number of hydrogen-bond donors (Lipinski definition) is 1. The van der Waals surface area contributed by atoms with Crippen LogP contribution in [0.15, 0.2) is 24.3 Å². The Morgan fingerprint density at radius 3 is 2.55 bits per heavy atom. The Bertz CT molecular complexity index is 605. The summed E-state index contributed by atoms with van der Waals surface area (Å²) in [6.45, 7) is 8.88. The van der Waals surface area contributed by atoms with Gasteiger partial charge in [-0.3, -0.25) is 0 Å². The van der Waals surface area contributed by atoms with Gasteiger partial charge in [-0.25, -0.2) is 4.39 Å². The van der Waals surface area contributed by atoms with Crippen molar-refractivity contribution in [3.05, 3.63) is 57.6 Å². The van der Waals surface area contributed by atoms with Gasteiger partial charge in [0.05, 0.1) is 5.02 Å². The van der Waals surface area contributed by atoms with Crippen LogP contribution in [0.3, 0.4) is 0 Å². The Hall–Kier alpha value is -1.32. The first-order chi connectivity index (χ1) is 9.52. The zero-order valence-electron chi connectivity index (χ0n) is 12.1. The lowest BCUT2D eigenvalue weighted by atomic mass is 10.2. The number of hydrogen-bond acceptors (Lipinski definition) is 1. The average molecular weight is 295 g/mol. The van der Waals surface area contributed by atoms with E-state index in [2.05, 4.69) is 36.7 Å². The molecule has 0 aliphatic rings. The summed E-state index contributed by atoms with van der Waals surface area (Å²) in [5.41, 5.74) is 4.87. The van der Waals surface area contributed by atoms with Crippen molar-refractivity contribution < 1.29 is 4.39 Å². The number of nitrogens with one attached hydrogen (secondary N) is 1. The summed E-state index contributed by atoms with van der Waals surface area (Å²) >= 11 is 5.77. The molecule has 0 spiro atoms. The minimum atomic E-state index is -0.373. The van der Waals surface area contributed by atoms with Crippen LogP contribution in [0.4, 0.5) is 4.39 Å². The molecule has 0 aliphatic carbocycles. The standard InChI is InChI=1S/C16H20ClFN2/c1-4-20-11(2)7-14(12(20)3)10-19-9-13-5-6-16(18)15(17)8-13/h5-8,19H,4,9-10H2,1-3H3. The van der Waals surface area contributed by atoms with Crippen LogP contribution in [0.2, 0.25) is 5.02 Å². The lowest BCUT2D eigenvalue weighted by Gasteiger charge is -2.08. The highest BCUT2D eigenvalue weighted by Crippen LogP contribution is 2.17. The molecule has 2 aromatic rings. The molecule has 1 aromatic carbocycles. The fourth-order valence-corrected chi connectivity index (χ4v) is 2.73. The SMILES string of the molecule is CCn1c(C)cc(CNCc2ccc(F)c(Cl)c2)c1C. The van der Waals surface area contributed by atoms with Crippen molar-refractivity contribution in [1.82, 2.24) is 9.88 Å². The molecular formula is C16H20ClFN2. The number of nitrogens with zero attached hydrogens (tertiary/aromatic N) is 1. The highest BCUT2D eigenvalue weighted by atomic mass is 35.5. The van der Waals surface area contributed by atoms with E-state index in [1.54, 1.807) is 12.1 Å². The van der Waals surface area contributed by atoms with E-state index in [4.69, 9.17) is 11.6 Å². The Kier molecular flexibility index (Phi) is 4.84. The zero-order chi connectivity index (χ0) is 14.7. The molecule has 2 nitrogen and oxygen atoms in total. The largest absolute Gasteiger partial charge is 0.349 e. The summed E-state index contributed by atoms with van der Waals surface area (Å²) < 4.78 is 15.4. The fraction of sp³-hybridized carbons (Fsp3) is 0.375. The van der Waals surface area contributed by atoms with Crippen LogP contribution in [0.5, 0.6) is 0 Å². The van der Waals surface area contributed by atoms with Gasteiger partial charge in [0.25, 0.3) is 0 Å². The molecule has 0 saturated heterocycles. The fourth-order valence-electron chi connectivity index (χ4n) is 2.53. The van der Waals surface area contributed by atoms with E-state index in [-0.39, 0.29) is 10.8 Å². The van der Waals surface area contributed by atoms with Crippen molar-refractivity contribution in [3.63, 3.8) is 0 Å². The molecule has 4 heteroatoms. The van der Waals surface area contributed by atoms with Crippen molar-refractivity contribution in [1.29, 1.82) is 0 Å². The second-order valence-electron chi connectivity index (χ2n) is 4.99. The van der Waals surface area contributed by atoms with Gasteiger partial charge in [0.1, 0.15) is 5.82 Å². The number of rotatable bonds is 5. The van der Waals surface area contributed by atoms with Gasteiger partial charge >= 0.3 is 0 Å². The summed E-state index contributed by atoms with van der Waals surface area (Å²) in [6.07, 6.45) is 0. The maximum absolute atomic E-state index is 13.1. The first-order valence-corrected chi connectivity index (χ1v) is 7.21. The van der Waals surface area contributed by atoms with Crippen LogP contribution in [0, 0.1) is 19.7 Å². The van der Waals surface area contributed by atoms with E-state index in [9.17, 15) is 4.39 Å². The Balaban J connectivity index is 1.97. The summed E-state index contributed by atoms with van der Waals surface area (Å²) in [5, 5.41) is 3.55. The second-order valence-corrected chi connectivity index (χ2v) is 5.40. The van der Waals surface area contributed by atoms with Crippen LogP contribution >= 0.6 is 11.6 Å². The Morgan fingerprint density at radius 2 is 1.95 bits per heavy atom. The van der Waals surface area contributed by atoms with Crippen molar-refractivity contribution in [3.8, 4) is 0 Å². The highest BCUT2D eigenvalue weighted by molar-refractivity contribution is 6.30. The predicted molar refractivity (Wildman–Crippen MR) is 81.5 cm³/mol. The minimum absolute atomic E-state index is 0.175. The Morgan fingerprint density at radius 1 is 1.20 bits per heavy atom. The molecule has 0 saturated carbocycles. The molecular weight excluding hydrogens is 275 g/mol. The molecule has 0 unspecified atom stereocenters. The molecule has 0 bridgehead atoms. The molecule has 2 rings (SSSR count). The lowest BCUT2D eigenvalue weighted by Crippen LogP contribution is -2.13. The molecule has 1 heterocycles. The summed E-state index contributed by atoms with van der Waals surface area (Å²) in [4.78, 5) is 0. The van der Waals surface area contributed by atoms with Gasteiger partial charge < -0.3 is 9.88 Å². The molecule has 0 amide bonds. The molecule has 20 heavy (non-hydrogen) atoms. The van der Waals surface area contributed by atoms with E-state index >= 15 is 0 Å². The van der Waals surface area contributed by atoms with Gasteiger partial charge in [0, 0.05) is 31.0 Å². The summed E-state index contributed by atoms with van der Waals surface area (Å²) in [6, 6.07) is 7.04. The van der Waals surface area contributed by atoms with Gasteiger partial charge in [0.15, 0.2) is 0 Å². The number of aromatic nitrogens is 1. The van der Waals surface area contributed by atoms with Crippen LogP contribution in [-0.2, 0) is 19.6 Å². The van der Waals surface area contributed by atoms with Crippen molar-refractivity contribution in [2.45, 2.75) is 40.4 Å². The lowest BCUT2D eigenvalue weighted by molar-refractivity contribution is 0.625. The monoisotopic (exact) mass is 294 g/mol. The highest BCUT2D eigenvalue weighted by Gasteiger charge is 2.07. The second kappa shape index (κ2) is 6.42. The van der Waals surface area contributed by atoms with Crippen molar-refractivity contribution >= 4 is 11.6 Å². The quantitative estimate of drug-likeness (QED) is 0.874. The van der Waals surface area contributed by atoms with E-state index in [0.717, 1.165) is 18.7 Å². The first-order valence-electron chi connectivity index (χ1n) is 6.83. The Labute approximate surface area is 124 Å². The van der Waals surface area contributed by atoms with Crippen molar-refractivity contribution in [2.24, 2.45) is 0 Å². The van der Waals surface area contributed by atoms with Gasteiger partial charge in [-0.15, -0.1) is 0 Å². The zero-order valence-corrected chi connectivity index (χ0v) is 12.9. The van der Waals surface area contributed by atoms with E-state index in [1.165, 1.54) is 23.0 Å². The van der Waals surface area contributed by atoms with Gasteiger partial charge in [-0.1, -0.05) is 17.7 Å². The van der Waals surface area contributed by atoms with Gasteiger partial charge in [0.2, 0.25) is 0 Å². The molecule has 1 aromatic heterocycles. The van der Waals surface area contributed by atoms with Crippen LogP contribution in [-0.4, -0.2) is 4.57 Å². The van der Waals surface area contributed by atoms with Gasteiger partial charge in [-0.05, 0) is 50.1 Å². The number of halogens is 2. The molecule has 108 valence electrons. The smallest absolute Gasteiger partial charge is 0.141 e. The molecule has 0 fully saturated rings. The summed E-state index contributed by atoms with van der Waals surface area (Å²) in [7, 11) is 0. The third-order valence-electron chi connectivity index (χ3n) is 3.62. The third-order valence-corrected chi connectivity index (χ3v) is 3.91. The van der Waals surface area contributed by atoms with E-state index in [0.29, 0.717) is 6.54 Å². The maximum atomic E-state index is 13.1. The molecule has 1 N–H and O–H groups in total. The van der Waals surface area contributed by atoms with Crippen molar-refractivity contribution in [2.75, 3.05) is 0 Å². The third kappa shape index (κ3) is 3.22. The predicted octanol–water partition coefficient (Wildman–Crippen LogP) is 4.21. The van der Waals surface area contributed by atoms with Crippen LogP contribution in [0.25, 0.3) is 0 Å². The number of benzene rings is 1.